The Kier molecular flexibility index (Phi) is 5.46. The van der Waals surface area contributed by atoms with E-state index in [4.69, 9.17) is 5.11 Å². The molecular weight excluding hydrogens is 260 g/mol. The summed E-state index contributed by atoms with van der Waals surface area (Å²) < 4.78 is 0. The van der Waals surface area contributed by atoms with Gasteiger partial charge in [-0.3, -0.25) is 9.59 Å². The Morgan fingerprint density at radius 3 is 2.35 bits per heavy atom. The molecule has 0 aliphatic heterocycles. The predicted octanol–water partition coefficient (Wildman–Crippen LogP) is 1.08. The molecule has 1 unspecified atom stereocenters. The summed E-state index contributed by atoms with van der Waals surface area (Å²) in [5.41, 5.74) is 1.48. The Morgan fingerprint density at radius 2 is 1.85 bits per heavy atom. The Labute approximate surface area is 116 Å². The van der Waals surface area contributed by atoms with Crippen molar-refractivity contribution in [3.05, 3.63) is 42.5 Å². The van der Waals surface area contributed by atoms with Gasteiger partial charge in [0, 0.05) is 5.69 Å². The zero-order chi connectivity index (χ0) is 15.1. The average molecular weight is 276 g/mol. The van der Waals surface area contributed by atoms with Gasteiger partial charge < -0.3 is 15.7 Å². The van der Waals surface area contributed by atoms with Gasteiger partial charge in [-0.25, -0.2) is 4.79 Å². The molecule has 0 radical (unpaired) electrons. The summed E-state index contributed by atoms with van der Waals surface area (Å²) in [4.78, 5) is 34.1. The van der Waals surface area contributed by atoms with Crippen molar-refractivity contribution in [2.45, 2.75) is 19.4 Å². The van der Waals surface area contributed by atoms with Gasteiger partial charge in [-0.2, -0.15) is 0 Å². The van der Waals surface area contributed by atoms with Crippen LogP contribution in [0.5, 0.6) is 0 Å². The lowest BCUT2D eigenvalue weighted by Crippen LogP contribution is -2.45. The highest BCUT2D eigenvalue weighted by Gasteiger charge is 2.22. The van der Waals surface area contributed by atoms with E-state index in [2.05, 4.69) is 17.2 Å². The van der Waals surface area contributed by atoms with Crippen molar-refractivity contribution < 1.29 is 19.5 Å². The van der Waals surface area contributed by atoms with Gasteiger partial charge in [0.25, 0.3) is 0 Å². The summed E-state index contributed by atoms with van der Waals surface area (Å²) in [6.07, 6.45) is 1.40. The summed E-state index contributed by atoms with van der Waals surface area (Å²) in [5.74, 6) is -3.13. The highest BCUT2D eigenvalue weighted by Crippen LogP contribution is 2.08. The van der Waals surface area contributed by atoms with Crippen LogP contribution in [0.3, 0.4) is 0 Å². The number of nitrogens with one attached hydrogen (secondary N) is 2. The van der Waals surface area contributed by atoms with Crippen molar-refractivity contribution in [1.29, 1.82) is 0 Å². The third-order valence-corrected chi connectivity index (χ3v) is 2.52. The summed E-state index contributed by atoms with van der Waals surface area (Å²) in [6.45, 7) is 5.29. The van der Waals surface area contributed by atoms with Gasteiger partial charge >= 0.3 is 17.8 Å². The number of anilines is 1. The van der Waals surface area contributed by atoms with Gasteiger partial charge in [0.05, 0.1) is 0 Å². The van der Waals surface area contributed by atoms with E-state index >= 15 is 0 Å². The van der Waals surface area contributed by atoms with Gasteiger partial charge in [-0.1, -0.05) is 23.8 Å². The van der Waals surface area contributed by atoms with Gasteiger partial charge in [-0.15, -0.1) is 6.58 Å². The molecule has 6 heteroatoms. The van der Waals surface area contributed by atoms with E-state index in [9.17, 15) is 14.4 Å². The van der Waals surface area contributed by atoms with Crippen LogP contribution < -0.4 is 10.6 Å². The SMILES string of the molecule is C=CCC(NC(=O)C(=O)Nc1ccc(C)cc1)C(=O)O. The smallest absolute Gasteiger partial charge is 0.326 e. The van der Waals surface area contributed by atoms with Crippen LogP contribution in [0.25, 0.3) is 0 Å². The number of amides is 2. The van der Waals surface area contributed by atoms with Crippen LogP contribution in [0, 0.1) is 6.92 Å². The molecule has 2 amide bonds. The van der Waals surface area contributed by atoms with Crippen LogP contribution in [0.2, 0.25) is 0 Å². The molecule has 0 spiro atoms. The van der Waals surface area contributed by atoms with Crippen LogP contribution in [-0.2, 0) is 14.4 Å². The molecule has 0 heterocycles. The van der Waals surface area contributed by atoms with E-state index in [0.29, 0.717) is 5.69 Å². The van der Waals surface area contributed by atoms with Crippen LogP contribution >= 0.6 is 0 Å². The van der Waals surface area contributed by atoms with Crippen LogP contribution in [0.4, 0.5) is 5.69 Å². The van der Waals surface area contributed by atoms with Crippen LogP contribution in [0.15, 0.2) is 36.9 Å². The molecule has 1 aromatic rings. The van der Waals surface area contributed by atoms with Crippen molar-refractivity contribution in [1.82, 2.24) is 5.32 Å². The van der Waals surface area contributed by atoms with Crippen molar-refractivity contribution in [3.63, 3.8) is 0 Å². The second-order valence-corrected chi connectivity index (χ2v) is 4.21. The number of carboxylic acid groups (broad SMARTS) is 1. The van der Waals surface area contributed by atoms with Crippen molar-refractivity contribution in [2.24, 2.45) is 0 Å². The second kappa shape index (κ2) is 7.08. The summed E-state index contributed by atoms with van der Waals surface area (Å²) in [6, 6.07) is 5.71. The standard InChI is InChI=1S/C14H16N2O4/c1-3-4-11(14(19)20)16-13(18)12(17)15-10-7-5-9(2)6-8-10/h3,5-8,11H,1,4H2,2H3,(H,15,17)(H,16,18)(H,19,20). The summed E-state index contributed by atoms with van der Waals surface area (Å²) in [5, 5.41) is 13.4. The monoisotopic (exact) mass is 276 g/mol. The van der Waals surface area contributed by atoms with Crippen LogP contribution in [0.1, 0.15) is 12.0 Å². The number of aliphatic carboxylic acids is 1. The van der Waals surface area contributed by atoms with Crippen molar-refractivity contribution in [3.8, 4) is 0 Å². The minimum Gasteiger partial charge on any atom is -0.480 e. The third-order valence-electron chi connectivity index (χ3n) is 2.52. The molecule has 1 aromatic carbocycles. The first-order chi connectivity index (χ1) is 9.43. The molecule has 1 atom stereocenters. The minimum atomic E-state index is -1.22. The maximum atomic E-state index is 11.6. The maximum absolute atomic E-state index is 11.6. The van der Waals surface area contributed by atoms with E-state index in [-0.39, 0.29) is 6.42 Å². The fourth-order valence-electron chi connectivity index (χ4n) is 1.44. The molecule has 0 bridgehead atoms. The first kappa shape index (κ1) is 15.4. The number of aryl methyl sites for hydroxylation is 1. The molecule has 0 aliphatic carbocycles. The van der Waals surface area contributed by atoms with E-state index in [1.165, 1.54) is 6.08 Å². The van der Waals surface area contributed by atoms with Crippen molar-refractivity contribution >= 4 is 23.5 Å². The van der Waals surface area contributed by atoms with Gasteiger partial charge in [-0.05, 0) is 25.5 Å². The Hall–Kier alpha value is -2.63. The quantitative estimate of drug-likeness (QED) is 0.554. The molecule has 0 aliphatic rings. The first-order valence-corrected chi connectivity index (χ1v) is 5.96. The van der Waals surface area contributed by atoms with Gasteiger partial charge in [0.1, 0.15) is 6.04 Å². The zero-order valence-corrected chi connectivity index (χ0v) is 11.1. The molecule has 1 rings (SSSR count). The van der Waals surface area contributed by atoms with Crippen molar-refractivity contribution in [2.75, 3.05) is 5.32 Å². The first-order valence-electron chi connectivity index (χ1n) is 5.96. The number of benzene rings is 1. The maximum Gasteiger partial charge on any atom is 0.326 e. The lowest BCUT2D eigenvalue weighted by Gasteiger charge is -2.12. The topological polar surface area (TPSA) is 95.5 Å². The molecule has 0 fully saturated rings. The second-order valence-electron chi connectivity index (χ2n) is 4.21. The number of carbonyl (C=O) groups is 3. The molecule has 0 saturated carbocycles. The molecule has 6 nitrogen and oxygen atoms in total. The normalized spacial score (nSPS) is 11.2. The fraction of sp³-hybridized carbons (Fsp3) is 0.214. The molecule has 20 heavy (non-hydrogen) atoms. The third kappa shape index (κ3) is 4.56. The summed E-state index contributed by atoms with van der Waals surface area (Å²) in [7, 11) is 0. The Bertz CT molecular complexity index is 522. The van der Waals surface area contributed by atoms with E-state index in [0.717, 1.165) is 5.56 Å². The molecular formula is C14H16N2O4. The van der Waals surface area contributed by atoms with E-state index in [1.54, 1.807) is 24.3 Å². The predicted molar refractivity (Wildman–Crippen MR) is 74.2 cm³/mol. The lowest BCUT2D eigenvalue weighted by atomic mass is 10.2. The van der Waals surface area contributed by atoms with E-state index < -0.39 is 23.8 Å². The molecule has 0 aromatic heterocycles. The zero-order valence-electron chi connectivity index (χ0n) is 11.1. The highest BCUT2D eigenvalue weighted by atomic mass is 16.4. The Morgan fingerprint density at radius 1 is 1.25 bits per heavy atom. The minimum absolute atomic E-state index is 0.0406. The van der Waals surface area contributed by atoms with Gasteiger partial charge in [0.2, 0.25) is 0 Å². The van der Waals surface area contributed by atoms with Crippen LogP contribution in [-0.4, -0.2) is 28.9 Å². The van der Waals surface area contributed by atoms with E-state index in [1.807, 2.05) is 6.92 Å². The average Bonchev–Trinajstić information content (AvgIpc) is 2.40. The van der Waals surface area contributed by atoms with Gasteiger partial charge in [0.15, 0.2) is 0 Å². The fourth-order valence-corrected chi connectivity index (χ4v) is 1.44. The molecule has 0 saturated heterocycles. The number of hydrogen-bond donors (Lipinski definition) is 3. The lowest BCUT2D eigenvalue weighted by molar-refractivity contribution is -0.143. The molecule has 3 N–H and O–H groups in total. The number of carboxylic acids is 1. The molecule has 106 valence electrons. The Balaban J connectivity index is 2.62. The highest BCUT2D eigenvalue weighted by molar-refractivity contribution is 6.40. The largest absolute Gasteiger partial charge is 0.480 e. The number of carbonyl (C=O) groups excluding carboxylic acids is 2. The summed E-state index contributed by atoms with van der Waals surface area (Å²) >= 11 is 0. The number of hydrogen-bond acceptors (Lipinski definition) is 3. The number of rotatable bonds is 5.